The Balaban J connectivity index is 0.000000738. The van der Waals surface area contributed by atoms with Crippen LogP contribution in [-0.2, 0) is 20.9 Å². The number of alkyl halides is 3. The van der Waals surface area contributed by atoms with Crippen LogP contribution in [-0.4, -0.2) is 80.6 Å². The van der Waals surface area contributed by atoms with Gasteiger partial charge in [0.25, 0.3) is 0 Å². The van der Waals surface area contributed by atoms with E-state index in [-0.39, 0.29) is 17.8 Å². The zero-order valence-corrected chi connectivity index (χ0v) is 25.5. The molecule has 0 bridgehead atoms. The second-order valence-corrected chi connectivity index (χ2v) is 9.77. The molecule has 0 unspecified atom stereocenters. The molecular formula is C30H34F3N5O8. The summed E-state index contributed by atoms with van der Waals surface area (Å²) >= 11 is 0. The number of benzene rings is 2. The first-order valence-electron chi connectivity index (χ1n) is 13.8. The smallest absolute Gasteiger partial charge is 0.490 e. The number of hydrogen-bond donors (Lipinski definition) is 3. The van der Waals surface area contributed by atoms with Gasteiger partial charge in [-0.05, 0) is 36.6 Å². The number of aromatic nitrogens is 2. The average molecular weight is 650 g/mol. The number of carbonyl (C=O) groups excluding carboxylic acids is 2. The van der Waals surface area contributed by atoms with Crippen molar-refractivity contribution in [3.05, 3.63) is 59.8 Å². The number of ether oxygens (including phenoxy) is 4. The van der Waals surface area contributed by atoms with Crippen LogP contribution in [0.1, 0.15) is 28.8 Å². The minimum atomic E-state index is -5.08. The Morgan fingerprint density at radius 1 is 1.00 bits per heavy atom. The highest BCUT2D eigenvalue weighted by molar-refractivity contribution is 5.89. The SMILES string of the molecule is COC(=O)c1ccc(CNC(=O)[C@H]2CCCN(c3ccnc(Nc4cc(OC)c(OC)c(OC)c4)n3)C2)cc1.O=C(O)C(F)(F)F. The number of methoxy groups -OCH3 is 4. The van der Waals surface area contributed by atoms with E-state index in [9.17, 15) is 22.8 Å². The maximum atomic E-state index is 13.0. The topological polar surface area (TPSA) is 161 Å². The third-order valence-electron chi connectivity index (χ3n) is 6.76. The van der Waals surface area contributed by atoms with Crippen molar-refractivity contribution in [3.63, 3.8) is 0 Å². The maximum absolute atomic E-state index is 13.0. The van der Waals surface area contributed by atoms with Crippen molar-refractivity contribution in [2.24, 2.45) is 5.92 Å². The molecule has 0 radical (unpaired) electrons. The summed E-state index contributed by atoms with van der Waals surface area (Å²) in [5, 5.41) is 13.3. The number of aliphatic carboxylic acids is 1. The third kappa shape index (κ3) is 9.61. The van der Waals surface area contributed by atoms with Gasteiger partial charge < -0.3 is 39.6 Å². The number of hydrogen-bond acceptors (Lipinski definition) is 11. The van der Waals surface area contributed by atoms with Gasteiger partial charge in [-0.3, -0.25) is 4.79 Å². The lowest BCUT2D eigenvalue weighted by molar-refractivity contribution is -0.192. The van der Waals surface area contributed by atoms with E-state index in [1.165, 1.54) is 7.11 Å². The van der Waals surface area contributed by atoms with Crippen molar-refractivity contribution in [1.82, 2.24) is 15.3 Å². The summed E-state index contributed by atoms with van der Waals surface area (Å²) in [5.41, 5.74) is 2.05. The highest BCUT2D eigenvalue weighted by atomic mass is 19.4. The standard InChI is InChI=1S/C28H33N5O6.C2HF3O2/c1-36-22-14-21(15-23(37-2)25(22)38-3)31-28-29-12-11-24(32-28)33-13-5-6-20(17-33)26(34)30-16-18-7-9-19(10-8-18)27(35)39-4;3-2(4,5)1(6)7/h7-12,14-15,20H,5-6,13,16-17H2,1-4H3,(H,30,34)(H,29,31,32);(H,6,7)/t20-;/m0./s1. The van der Waals surface area contributed by atoms with Gasteiger partial charge in [-0.25, -0.2) is 14.6 Å². The number of piperidine rings is 1. The first-order valence-corrected chi connectivity index (χ1v) is 13.8. The minimum Gasteiger partial charge on any atom is -0.493 e. The van der Waals surface area contributed by atoms with Gasteiger partial charge in [-0.15, -0.1) is 0 Å². The molecule has 0 aliphatic carbocycles. The van der Waals surface area contributed by atoms with Crippen LogP contribution in [0.15, 0.2) is 48.7 Å². The van der Waals surface area contributed by atoms with Gasteiger partial charge in [-0.2, -0.15) is 18.2 Å². The predicted molar refractivity (Wildman–Crippen MR) is 160 cm³/mol. The van der Waals surface area contributed by atoms with Gasteiger partial charge in [0.1, 0.15) is 5.82 Å². The molecule has 1 amide bonds. The van der Waals surface area contributed by atoms with Crippen molar-refractivity contribution in [3.8, 4) is 17.2 Å². The quantitative estimate of drug-likeness (QED) is 0.269. The number of rotatable bonds is 10. The number of carboxylic acids is 1. The van der Waals surface area contributed by atoms with Crippen molar-refractivity contribution >= 4 is 35.3 Å². The summed E-state index contributed by atoms with van der Waals surface area (Å²) in [7, 11) is 6.01. The molecule has 248 valence electrons. The Morgan fingerprint density at radius 2 is 1.63 bits per heavy atom. The molecule has 1 aromatic heterocycles. The molecule has 2 heterocycles. The zero-order valence-electron chi connectivity index (χ0n) is 25.5. The van der Waals surface area contributed by atoms with Crippen molar-refractivity contribution in [1.29, 1.82) is 0 Å². The van der Waals surface area contributed by atoms with Crippen molar-refractivity contribution in [2.75, 3.05) is 51.7 Å². The molecule has 0 saturated carbocycles. The Hall–Kier alpha value is -5.28. The molecular weight excluding hydrogens is 615 g/mol. The van der Waals surface area contributed by atoms with Gasteiger partial charge in [0.15, 0.2) is 11.5 Å². The van der Waals surface area contributed by atoms with Crippen LogP contribution in [0.25, 0.3) is 0 Å². The number of amides is 1. The number of nitrogens with one attached hydrogen (secondary N) is 2. The van der Waals surface area contributed by atoms with E-state index in [0.29, 0.717) is 47.5 Å². The number of anilines is 3. The highest BCUT2D eigenvalue weighted by Gasteiger charge is 2.38. The predicted octanol–water partition coefficient (Wildman–Crippen LogP) is 4.20. The molecule has 46 heavy (non-hydrogen) atoms. The molecule has 16 heteroatoms. The molecule has 1 aliphatic rings. The third-order valence-corrected chi connectivity index (χ3v) is 6.76. The normalized spacial score (nSPS) is 14.2. The largest absolute Gasteiger partial charge is 0.493 e. The highest BCUT2D eigenvalue weighted by Crippen LogP contribution is 2.40. The molecule has 0 spiro atoms. The second kappa shape index (κ2) is 16.2. The number of esters is 1. The molecule has 2 aromatic carbocycles. The summed E-state index contributed by atoms with van der Waals surface area (Å²) in [6.07, 6.45) is -1.74. The molecule has 3 N–H and O–H groups in total. The van der Waals surface area contributed by atoms with E-state index < -0.39 is 12.1 Å². The molecule has 1 aliphatic heterocycles. The van der Waals surface area contributed by atoms with Crippen molar-refractivity contribution < 1.29 is 51.6 Å². The average Bonchev–Trinajstić information content (AvgIpc) is 3.06. The molecule has 1 saturated heterocycles. The summed E-state index contributed by atoms with van der Waals surface area (Å²) in [6.45, 7) is 1.72. The fourth-order valence-corrected chi connectivity index (χ4v) is 4.48. The summed E-state index contributed by atoms with van der Waals surface area (Å²) in [4.78, 5) is 44.6. The second-order valence-electron chi connectivity index (χ2n) is 9.77. The van der Waals surface area contributed by atoms with E-state index in [4.69, 9.17) is 28.8 Å². The van der Waals surface area contributed by atoms with Crippen LogP contribution < -0.4 is 29.7 Å². The molecule has 1 fully saturated rings. The van der Waals surface area contributed by atoms with Crippen LogP contribution in [0.2, 0.25) is 0 Å². The van der Waals surface area contributed by atoms with Crippen LogP contribution in [0.5, 0.6) is 17.2 Å². The fourth-order valence-electron chi connectivity index (χ4n) is 4.48. The molecule has 1 atom stereocenters. The van der Waals surface area contributed by atoms with Gasteiger partial charge >= 0.3 is 18.1 Å². The van der Waals surface area contributed by atoms with Crippen LogP contribution in [0.4, 0.5) is 30.6 Å². The molecule has 13 nitrogen and oxygen atoms in total. The van der Waals surface area contributed by atoms with E-state index in [1.54, 1.807) is 51.8 Å². The van der Waals surface area contributed by atoms with Crippen LogP contribution in [0, 0.1) is 5.92 Å². The Kier molecular flexibility index (Phi) is 12.4. The Morgan fingerprint density at radius 3 is 2.17 bits per heavy atom. The Labute approximate surface area is 262 Å². The number of carbonyl (C=O) groups is 3. The zero-order chi connectivity index (χ0) is 33.9. The van der Waals surface area contributed by atoms with E-state index in [0.717, 1.165) is 30.8 Å². The first-order chi connectivity index (χ1) is 21.9. The van der Waals surface area contributed by atoms with Gasteiger partial charge in [0, 0.05) is 43.7 Å². The van der Waals surface area contributed by atoms with Crippen LogP contribution in [0.3, 0.4) is 0 Å². The number of nitrogens with zero attached hydrogens (tertiary/aromatic N) is 3. The lowest BCUT2D eigenvalue weighted by atomic mass is 9.97. The van der Waals surface area contributed by atoms with E-state index in [2.05, 4.69) is 25.5 Å². The number of halogens is 3. The lowest BCUT2D eigenvalue weighted by Gasteiger charge is -2.33. The van der Waals surface area contributed by atoms with E-state index in [1.807, 2.05) is 18.2 Å². The van der Waals surface area contributed by atoms with Gasteiger partial charge in [0.2, 0.25) is 17.6 Å². The lowest BCUT2D eigenvalue weighted by Crippen LogP contribution is -2.43. The molecule has 3 aromatic rings. The summed E-state index contributed by atoms with van der Waals surface area (Å²) in [5.74, 6) is -0.668. The molecule has 4 rings (SSSR count). The van der Waals surface area contributed by atoms with Crippen LogP contribution >= 0.6 is 0 Å². The van der Waals surface area contributed by atoms with Gasteiger partial charge in [-0.1, -0.05) is 12.1 Å². The maximum Gasteiger partial charge on any atom is 0.490 e. The Bertz CT molecular complexity index is 1480. The van der Waals surface area contributed by atoms with E-state index >= 15 is 0 Å². The van der Waals surface area contributed by atoms with Crippen molar-refractivity contribution in [2.45, 2.75) is 25.6 Å². The summed E-state index contributed by atoms with van der Waals surface area (Å²) < 4.78 is 52.7. The monoisotopic (exact) mass is 649 g/mol. The first kappa shape index (κ1) is 35.2. The minimum absolute atomic E-state index is 0.0124. The fraction of sp³-hybridized carbons (Fsp3) is 0.367. The van der Waals surface area contributed by atoms with Gasteiger partial charge in [0.05, 0.1) is 39.9 Å². The summed E-state index contributed by atoms with van der Waals surface area (Å²) in [6, 6.07) is 12.4. The number of carboxylic acid groups (broad SMARTS) is 1.